The second-order valence-corrected chi connectivity index (χ2v) is 12.0. The predicted octanol–water partition coefficient (Wildman–Crippen LogP) is 4.06. The summed E-state index contributed by atoms with van der Waals surface area (Å²) in [5.74, 6) is -0.506. The average molecular weight is 557 g/mol. The topological polar surface area (TPSA) is 109 Å². The number of amides is 3. The SMILES string of the molecule is CC1=CC(C)=NC(=O)C1CNC(=O)c1cc(C2=CCN(C(=O)C3CCNCC3)CC2)cc2c1cnn2C1CCCC1. The van der Waals surface area contributed by atoms with Gasteiger partial charge in [0.15, 0.2) is 0 Å². The molecule has 6 rings (SSSR count). The summed E-state index contributed by atoms with van der Waals surface area (Å²) in [6.45, 7) is 7.01. The predicted molar refractivity (Wildman–Crippen MR) is 160 cm³/mol. The van der Waals surface area contributed by atoms with Crippen LogP contribution in [0, 0.1) is 11.8 Å². The van der Waals surface area contributed by atoms with Crippen LogP contribution in [0.1, 0.15) is 80.8 Å². The summed E-state index contributed by atoms with van der Waals surface area (Å²) in [5.41, 5.74) is 5.30. The van der Waals surface area contributed by atoms with Crippen LogP contribution >= 0.6 is 0 Å². The van der Waals surface area contributed by atoms with Crippen molar-refractivity contribution >= 4 is 39.9 Å². The molecule has 9 heteroatoms. The fourth-order valence-corrected chi connectivity index (χ4v) is 6.86. The second-order valence-electron chi connectivity index (χ2n) is 12.0. The molecule has 1 unspecified atom stereocenters. The average Bonchev–Trinajstić information content (AvgIpc) is 3.66. The standard InChI is InChI=1S/C32H40N6O3/c1-20-15-21(2)36-31(40)27(20)18-34-30(39)26-16-24(17-29-28(26)19-35-38(29)25-5-3-4-6-25)22-9-13-37(14-10-22)32(41)23-7-11-33-12-8-23/h9,15-17,19,23,25,27,33H,3-8,10-14,18H2,1-2H3,(H,34,39). The van der Waals surface area contributed by atoms with Crippen LogP contribution in [-0.4, -0.2) is 70.8 Å². The van der Waals surface area contributed by atoms with E-state index in [0.29, 0.717) is 30.4 Å². The van der Waals surface area contributed by atoms with E-state index in [0.717, 1.165) is 72.8 Å². The Morgan fingerprint density at radius 3 is 2.59 bits per heavy atom. The highest BCUT2D eigenvalue weighted by Gasteiger charge is 2.29. The van der Waals surface area contributed by atoms with Crippen molar-refractivity contribution < 1.29 is 14.4 Å². The van der Waals surface area contributed by atoms with Gasteiger partial charge in [0.05, 0.1) is 29.2 Å². The lowest BCUT2D eigenvalue weighted by atomic mass is 9.93. The summed E-state index contributed by atoms with van der Waals surface area (Å²) < 4.78 is 2.11. The molecule has 1 saturated carbocycles. The second kappa shape index (κ2) is 11.7. The van der Waals surface area contributed by atoms with Gasteiger partial charge in [0, 0.05) is 36.7 Å². The van der Waals surface area contributed by atoms with Crippen LogP contribution in [0.3, 0.4) is 0 Å². The number of piperidine rings is 1. The molecular formula is C32H40N6O3. The summed E-state index contributed by atoms with van der Waals surface area (Å²) in [5, 5.41) is 11.9. The van der Waals surface area contributed by atoms with Crippen LogP contribution in [-0.2, 0) is 9.59 Å². The van der Waals surface area contributed by atoms with E-state index in [4.69, 9.17) is 5.10 Å². The molecule has 9 nitrogen and oxygen atoms in total. The minimum Gasteiger partial charge on any atom is -0.351 e. The Morgan fingerprint density at radius 2 is 1.88 bits per heavy atom. The van der Waals surface area contributed by atoms with Gasteiger partial charge in [-0.15, -0.1) is 0 Å². The van der Waals surface area contributed by atoms with Gasteiger partial charge < -0.3 is 15.5 Å². The molecule has 2 aromatic rings. The molecule has 0 radical (unpaired) electrons. The van der Waals surface area contributed by atoms with E-state index in [-0.39, 0.29) is 30.2 Å². The Balaban J connectivity index is 1.27. The third kappa shape index (κ3) is 5.64. The van der Waals surface area contributed by atoms with E-state index in [9.17, 15) is 14.4 Å². The lowest BCUT2D eigenvalue weighted by molar-refractivity contribution is -0.135. The molecule has 1 aliphatic carbocycles. The third-order valence-corrected chi connectivity index (χ3v) is 9.25. The molecule has 1 atom stereocenters. The zero-order chi connectivity index (χ0) is 28.5. The van der Waals surface area contributed by atoms with Crippen molar-refractivity contribution in [2.45, 2.75) is 64.8 Å². The number of nitrogens with zero attached hydrogens (tertiary/aromatic N) is 4. The first-order valence-electron chi connectivity index (χ1n) is 15.1. The Hall–Kier alpha value is -3.59. The Bertz CT molecular complexity index is 1460. The molecule has 41 heavy (non-hydrogen) atoms. The summed E-state index contributed by atoms with van der Waals surface area (Å²) in [6, 6.07) is 4.47. The number of benzene rings is 1. The fraction of sp³-hybridized carbons (Fsp3) is 0.531. The molecule has 0 bridgehead atoms. The third-order valence-electron chi connectivity index (χ3n) is 9.25. The highest BCUT2D eigenvalue weighted by atomic mass is 16.2. The van der Waals surface area contributed by atoms with Gasteiger partial charge in [0.25, 0.3) is 11.8 Å². The molecule has 2 N–H and O–H groups in total. The number of aliphatic imine (C=N–C) groups is 1. The number of carbonyl (C=O) groups is 3. The number of rotatable bonds is 6. The van der Waals surface area contributed by atoms with Crippen LogP contribution in [0.15, 0.2) is 41.0 Å². The zero-order valence-electron chi connectivity index (χ0n) is 24.1. The van der Waals surface area contributed by atoms with Crippen molar-refractivity contribution in [2.24, 2.45) is 16.8 Å². The highest BCUT2D eigenvalue weighted by Crippen LogP contribution is 2.35. The van der Waals surface area contributed by atoms with E-state index in [1.54, 1.807) is 0 Å². The van der Waals surface area contributed by atoms with E-state index in [1.165, 1.54) is 12.8 Å². The first kappa shape index (κ1) is 27.6. The van der Waals surface area contributed by atoms with E-state index in [1.807, 2.05) is 37.1 Å². The number of hydrogen-bond donors (Lipinski definition) is 2. The van der Waals surface area contributed by atoms with Crippen molar-refractivity contribution in [1.29, 1.82) is 0 Å². The van der Waals surface area contributed by atoms with E-state index < -0.39 is 5.92 Å². The van der Waals surface area contributed by atoms with Crippen molar-refractivity contribution in [2.75, 3.05) is 32.7 Å². The molecule has 3 amide bonds. The van der Waals surface area contributed by atoms with Gasteiger partial charge >= 0.3 is 0 Å². The molecule has 1 saturated heterocycles. The van der Waals surface area contributed by atoms with Crippen molar-refractivity contribution in [3.05, 3.63) is 47.2 Å². The zero-order valence-corrected chi connectivity index (χ0v) is 24.1. The molecular weight excluding hydrogens is 516 g/mol. The molecule has 0 spiro atoms. The summed E-state index contributed by atoms with van der Waals surface area (Å²) in [4.78, 5) is 45.4. The quantitative estimate of drug-likeness (QED) is 0.558. The van der Waals surface area contributed by atoms with Gasteiger partial charge in [-0.1, -0.05) is 24.5 Å². The molecule has 4 heterocycles. The number of dihydropyridines is 1. The van der Waals surface area contributed by atoms with Gasteiger partial charge in [-0.2, -0.15) is 5.10 Å². The van der Waals surface area contributed by atoms with Crippen molar-refractivity contribution in [3.8, 4) is 0 Å². The van der Waals surface area contributed by atoms with Crippen LogP contribution in [0.2, 0.25) is 0 Å². The van der Waals surface area contributed by atoms with Gasteiger partial charge in [-0.3, -0.25) is 19.1 Å². The first-order valence-corrected chi connectivity index (χ1v) is 15.1. The van der Waals surface area contributed by atoms with Gasteiger partial charge in [0.1, 0.15) is 0 Å². The monoisotopic (exact) mass is 556 g/mol. The molecule has 216 valence electrons. The van der Waals surface area contributed by atoms with Gasteiger partial charge in [-0.05, 0) is 88.4 Å². The molecule has 2 fully saturated rings. The maximum absolute atomic E-state index is 13.7. The minimum atomic E-state index is -0.452. The first-order chi connectivity index (χ1) is 19.9. The van der Waals surface area contributed by atoms with Crippen LogP contribution in [0.4, 0.5) is 0 Å². The summed E-state index contributed by atoms with van der Waals surface area (Å²) in [7, 11) is 0. The number of aromatic nitrogens is 2. The normalized spacial score (nSPS) is 22.5. The number of nitrogens with one attached hydrogen (secondary N) is 2. The smallest absolute Gasteiger partial charge is 0.254 e. The number of fused-ring (bicyclic) bond motifs is 1. The number of allylic oxidation sites excluding steroid dienone is 1. The lowest BCUT2D eigenvalue weighted by Crippen LogP contribution is -2.42. The maximum atomic E-state index is 13.7. The molecule has 4 aliphatic rings. The lowest BCUT2D eigenvalue weighted by Gasteiger charge is -2.32. The Morgan fingerprint density at radius 1 is 1.10 bits per heavy atom. The maximum Gasteiger partial charge on any atom is 0.254 e. The van der Waals surface area contributed by atoms with Crippen molar-refractivity contribution in [3.63, 3.8) is 0 Å². The van der Waals surface area contributed by atoms with Gasteiger partial charge in [0.2, 0.25) is 5.91 Å². The van der Waals surface area contributed by atoms with Crippen LogP contribution in [0.5, 0.6) is 0 Å². The Kier molecular flexibility index (Phi) is 7.88. The molecule has 1 aromatic carbocycles. The number of carbonyl (C=O) groups excluding carboxylic acids is 3. The van der Waals surface area contributed by atoms with Gasteiger partial charge in [-0.25, -0.2) is 4.99 Å². The van der Waals surface area contributed by atoms with Crippen LogP contribution < -0.4 is 10.6 Å². The largest absolute Gasteiger partial charge is 0.351 e. The van der Waals surface area contributed by atoms with E-state index >= 15 is 0 Å². The van der Waals surface area contributed by atoms with Crippen molar-refractivity contribution in [1.82, 2.24) is 25.3 Å². The van der Waals surface area contributed by atoms with E-state index in [2.05, 4.69) is 32.5 Å². The Labute approximate surface area is 241 Å². The molecule has 3 aliphatic heterocycles. The highest BCUT2D eigenvalue weighted by molar-refractivity contribution is 6.08. The molecule has 1 aromatic heterocycles. The summed E-state index contributed by atoms with van der Waals surface area (Å²) >= 11 is 0. The summed E-state index contributed by atoms with van der Waals surface area (Å²) in [6.07, 6.45) is 13.0. The number of hydrogen-bond acceptors (Lipinski definition) is 5. The fourth-order valence-electron chi connectivity index (χ4n) is 6.86. The minimum absolute atomic E-state index is 0.114. The van der Waals surface area contributed by atoms with Crippen LogP contribution in [0.25, 0.3) is 16.5 Å².